The monoisotopic (exact) mass is 477 g/mol. The van der Waals surface area contributed by atoms with Gasteiger partial charge in [-0.15, -0.1) is 5.10 Å². The number of carbonyl (C=O) groups excluding carboxylic acids is 1. The van der Waals surface area contributed by atoms with Crippen LogP contribution in [0.15, 0.2) is 42.9 Å². The molecule has 1 saturated carbocycles. The third-order valence-corrected chi connectivity index (χ3v) is 6.96. The molecule has 5 heterocycles. The molecule has 11 heteroatoms. The highest BCUT2D eigenvalue weighted by atomic mass is 35.5. The number of amides is 1. The zero-order valence-corrected chi connectivity index (χ0v) is 19.4. The average molecular weight is 478 g/mol. The minimum Gasteiger partial charge on any atom is -0.325 e. The number of rotatable bonds is 6. The molecule has 174 valence electrons. The van der Waals surface area contributed by atoms with E-state index in [0.717, 1.165) is 17.6 Å². The van der Waals surface area contributed by atoms with Crippen molar-refractivity contribution in [2.24, 2.45) is 0 Å². The molecule has 1 aliphatic heterocycles. The number of hydrogen-bond donors (Lipinski definition) is 3. The van der Waals surface area contributed by atoms with Crippen LogP contribution in [0.5, 0.6) is 0 Å². The quantitative estimate of drug-likeness (QED) is 0.382. The lowest BCUT2D eigenvalue weighted by atomic mass is 9.97. The minimum atomic E-state index is -0.844. The van der Waals surface area contributed by atoms with Gasteiger partial charge in [0, 0.05) is 36.6 Å². The SMILES string of the molecule is C[C@@]1(C(=O)Nc2cnccc2Cl)CCCN1c1nc(Nc2cc(C3CC3)[nH]n2)c2cccn2n1. The first-order chi connectivity index (χ1) is 16.5. The molecule has 1 aliphatic carbocycles. The summed E-state index contributed by atoms with van der Waals surface area (Å²) in [5.74, 6) is 2.22. The number of pyridine rings is 1. The highest BCUT2D eigenvalue weighted by Crippen LogP contribution is 2.40. The van der Waals surface area contributed by atoms with Gasteiger partial charge in [0.25, 0.3) is 0 Å². The molecule has 2 aliphatic rings. The van der Waals surface area contributed by atoms with Crippen molar-refractivity contribution in [3.63, 3.8) is 0 Å². The third-order valence-electron chi connectivity index (χ3n) is 6.63. The molecular weight excluding hydrogens is 454 g/mol. The van der Waals surface area contributed by atoms with Gasteiger partial charge in [0.15, 0.2) is 11.6 Å². The van der Waals surface area contributed by atoms with Crippen LogP contribution in [0.3, 0.4) is 0 Å². The van der Waals surface area contributed by atoms with Crippen molar-refractivity contribution < 1.29 is 4.79 Å². The van der Waals surface area contributed by atoms with Gasteiger partial charge in [0.2, 0.25) is 11.9 Å². The fourth-order valence-corrected chi connectivity index (χ4v) is 4.65. The summed E-state index contributed by atoms with van der Waals surface area (Å²) in [6, 6.07) is 7.54. The molecule has 10 nitrogen and oxygen atoms in total. The van der Waals surface area contributed by atoms with Gasteiger partial charge in [0.05, 0.1) is 16.9 Å². The average Bonchev–Trinajstić information content (AvgIpc) is 3.20. The van der Waals surface area contributed by atoms with E-state index in [-0.39, 0.29) is 5.91 Å². The summed E-state index contributed by atoms with van der Waals surface area (Å²) in [6.07, 6.45) is 8.90. The summed E-state index contributed by atoms with van der Waals surface area (Å²) >= 11 is 6.24. The molecule has 0 spiro atoms. The zero-order chi connectivity index (χ0) is 23.3. The second-order valence-corrected chi connectivity index (χ2v) is 9.45. The molecule has 1 saturated heterocycles. The Balaban J connectivity index is 1.32. The fraction of sp³-hybridized carbons (Fsp3) is 0.348. The van der Waals surface area contributed by atoms with E-state index in [2.05, 4.69) is 25.8 Å². The lowest BCUT2D eigenvalue weighted by Gasteiger charge is -2.34. The normalized spacial score (nSPS) is 20.1. The van der Waals surface area contributed by atoms with E-state index >= 15 is 0 Å². The van der Waals surface area contributed by atoms with Crippen LogP contribution in [0.4, 0.5) is 23.3 Å². The molecular formula is C23H24ClN9O. The Bertz CT molecular complexity index is 1380. The van der Waals surface area contributed by atoms with Crippen LogP contribution < -0.4 is 15.5 Å². The van der Waals surface area contributed by atoms with Crippen molar-refractivity contribution in [3.05, 3.63) is 53.6 Å². The number of anilines is 4. The van der Waals surface area contributed by atoms with E-state index in [0.29, 0.717) is 47.2 Å². The van der Waals surface area contributed by atoms with Crippen LogP contribution in [0.2, 0.25) is 5.02 Å². The summed E-state index contributed by atoms with van der Waals surface area (Å²) < 4.78 is 1.77. The van der Waals surface area contributed by atoms with Crippen molar-refractivity contribution in [3.8, 4) is 0 Å². The maximum atomic E-state index is 13.4. The highest BCUT2D eigenvalue weighted by molar-refractivity contribution is 6.33. The van der Waals surface area contributed by atoms with Crippen molar-refractivity contribution in [2.45, 2.75) is 44.1 Å². The number of carbonyl (C=O) groups is 1. The standard InChI is InChI=1S/C23H24ClN9O/c1-23(21(34)26-17-13-25-9-7-15(17)24)8-3-10-32(23)22-28-20(18-4-2-11-33(18)31-22)27-19-12-16(29-30-19)14-5-6-14/h2,4,7,9,11-14H,3,5-6,8,10H2,1H3,(H,26,34)(H2,27,28,29,30,31)/t23-/m0/s1. The molecule has 0 radical (unpaired) electrons. The Hall–Kier alpha value is -3.66. The van der Waals surface area contributed by atoms with E-state index < -0.39 is 5.54 Å². The number of H-pyrrole nitrogens is 1. The van der Waals surface area contributed by atoms with Crippen molar-refractivity contribution in [1.29, 1.82) is 0 Å². The van der Waals surface area contributed by atoms with Crippen molar-refractivity contribution >= 4 is 46.3 Å². The van der Waals surface area contributed by atoms with E-state index in [1.165, 1.54) is 12.8 Å². The zero-order valence-electron chi connectivity index (χ0n) is 18.6. The van der Waals surface area contributed by atoms with Gasteiger partial charge >= 0.3 is 0 Å². The van der Waals surface area contributed by atoms with Crippen LogP contribution in [-0.4, -0.2) is 47.8 Å². The van der Waals surface area contributed by atoms with E-state index in [1.807, 2.05) is 36.2 Å². The molecule has 0 bridgehead atoms. The first-order valence-electron chi connectivity index (χ1n) is 11.4. The molecule has 6 rings (SSSR count). The molecule has 4 aromatic heterocycles. The Morgan fingerprint density at radius 1 is 1.32 bits per heavy atom. The topological polar surface area (TPSA) is 116 Å². The Morgan fingerprint density at radius 2 is 2.21 bits per heavy atom. The van der Waals surface area contributed by atoms with Gasteiger partial charge in [-0.3, -0.25) is 14.9 Å². The number of fused-ring (bicyclic) bond motifs is 1. The molecule has 3 N–H and O–H groups in total. The van der Waals surface area contributed by atoms with Crippen LogP contribution in [0.25, 0.3) is 5.52 Å². The van der Waals surface area contributed by atoms with E-state index in [4.69, 9.17) is 21.7 Å². The largest absolute Gasteiger partial charge is 0.325 e. The van der Waals surface area contributed by atoms with Crippen molar-refractivity contribution in [2.75, 3.05) is 22.1 Å². The Labute approximate surface area is 200 Å². The predicted molar refractivity (Wildman–Crippen MR) is 130 cm³/mol. The van der Waals surface area contributed by atoms with Gasteiger partial charge in [-0.25, -0.2) is 4.52 Å². The molecule has 34 heavy (non-hydrogen) atoms. The summed E-state index contributed by atoms with van der Waals surface area (Å²) in [6.45, 7) is 2.57. The summed E-state index contributed by atoms with van der Waals surface area (Å²) in [4.78, 5) is 24.3. The summed E-state index contributed by atoms with van der Waals surface area (Å²) in [7, 11) is 0. The van der Waals surface area contributed by atoms with E-state index in [9.17, 15) is 4.79 Å². The maximum absolute atomic E-state index is 13.4. The fourth-order valence-electron chi connectivity index (χ4n) is 4.50. The van der Waals surface area contributed by atoms with Crippen molar-refractivity contribution in [1.82, 2.24) is 29.8 Å². The van der Waals surface area contributed by atoms with Gasteiger partial charge in [-0.05, 0) is 50.8 Å². The summed E-state index contributed by atoms with van der Waals surface area (Å²) in [5.41, 5.74) is 1.60. The predicted octanol–water partition coefficient (Wildman–Crippen LogP) is 4.12. The van der Waals surface area contributed by atoms with E-state index in [1.54, 1.807) is 23.0 Å². The van der Waals surface area contributed by atoms with Crippen LogP contribution in [0.1, 0.15) is 44.2 Å². The number of halogens is 1. The maximum Gasteiger partial charge on any atom is 0.250 e. The smallest absolute Gasteiger partial charge is 0.250 e. The second-order valence-electron chi connectivity index (χ2n) is 9.04. The van der Waals surface area contributed by atoms with Gasteiger partial charge in [0.1, 0.15) is 11.1 Å². The molecule has 1 atom stereocenters. The number of hydrogen-bond acceptors (Lipinski definition) is 7. The van der Waals surface area contributed by atoms with Crippen LogP contribution in [-0.2, 0) is 4.79 Å². The lowest BCUT2D eigenvalue weighted by molar-refractivity contribution is -0.120. The third kappa shape index (κ3) is 3.63. The van der Waals surface area contributed by atoms with Gasteiger partial charge in [-0.2, -0.15) is 10.1 Å². The second kappa shape index (κ2) is 7.98. The van der Waals surface area contributed by atoms with Crippen LogP contribution in [0, 0.1) is 0 Å². The molecule has 4 aromatic rings. The number of nitrogens with zero attached hydrogens (tertiary/aromatic N) is 6. The molecule has 2 fully saturated rings. The molecule has 1 amide bonds. The highest BCUT2D eigenvalue weighted by Gasteiger charge is 2.45. The number of aromatic nitrogens is 6. The summed E-state index contributed by atoms with van der Waals surface area (Å²) in [5, 5.41) is 18.9. The molecule has 0 unspecified atom stereocenters. The molecule has 0 aromatic carbocycles. The number of aromatic amines is 1. The minimum absolute atomic E-state index is 0.174. The van der Waals surface area contributed by atoms with Gasteiger partial charge < -0.3 is 15.5 Å². The first kappa shape index (κ1) is 20.9. The first-order valence-corrected chi connectivity index (χ1v) is 11.8. The van der Waals surface area contributed by atoms with Crippen LogP contribution >= 0.6 is 11.6 Å². The Kier molecular flexibility index (Phi) is 4.91. The Morgan fingerprint density at radius 3 is 3.03 bits per heavy atom. The number of nitrogens with one attached hydrogen (secondary N) is 3. The lowest BCUT2D eigenvalue weighted by Crippen LogP contribution is -2.51. The van der Waals surface area contributed by atoms with Gasteiger partial charge in [-0.1, -0.05) is 11.6 Å².